The molecule has 2 fully saturated rings. The predicted octanol–water partition coefficient (Wildman–Crippen LogP) is 4.23. The molecule has 2 unspecified atom stereocenters. The van der Waals surface area contributed by atoms with Crippen molar-refractivity contribution < 1.29 is 18.8 Å². The maximum atomic E-state index is 13.8. The first-order valence-corrected chi connectivity index (χ1v) is 15.4. The molecule has 0 spiro atoms. The van der Waals surface area contributed by atoms with Gasteiger partial charge in [-0.05, 0) is 48.2 Å². The number of halogens is 3. The molecule has 2 aromatic carbocycles. The second kappa shape index (κ2) is 14.6. The maximum absolute atomic E-state index is 13.8. The first-order valence-electron chi connectivity index (χ1n) is 14.6. The second-order valence-electron chi connectivity index (χ2n) is 11.3. The Morgan fingerprint density at radius 2 is 1.64 bits per heavy atom. The predicted molar refractivity (Wildman–Crippen MR) is 163 cm³/mol. The van der Waals surface area contributed by atoms with Crippen molar-refractivity contribution in [1.29, 1.82) is 0 Å². The van der Waals surface area contributed by atoms with Gasteiger partial charge in [0.15, 0.2) is 0 Å². The van der Waals surface area contributed by atoms with Gasteiger partial charge < -0.3 is 21.3 Å². The van der Waals surface area contributed by atoms with Gasteiger partial charge in [0.1, 0.15) is 11.9 Å². The summed E-state index contributed by atoms with van der Waals surface area (Å²) in [5.74, 6) is -0.933. The van der Waals surface area contributed by atoms with Crippen LogP contribution in [0.2, 0.25) is 10.0 Å². The van der Waals surface area contributed by atoms with Crippen molar-refractivity contribution in [2.45, 2.75) is 69.5 Å². The second-order valence-corrected chi connectivity index (χ2v) is 12.1. The summed E-state index contributed by atoms with van der Waals surface area (Å²) in [5, 5.41) is 6.97. The van der Waals surface area contributed by atoms with Crippen molar-refractivity contribution in [3.63, 3.8) is 0 Å². The van der Waals surface area contributed by atoms with Gasteiger partial charge in [0.05, 0.1) is 6.04 Å². The molecule has 2 aromatic rings. The highest BCUT2D eigenvalue weighted by molar-refractivity contribution is 6.35. The molecular weight excluding hydrogens is 580 g/mol. The van der Waals surface area contributed by atoms with E-state index in [1.54, 1.807) is 35.2 Å². The largest absolute Gasteiger partial charge is 0.348 e. The highest BCUT2D eigenvalue weighted by Crippen LogP contribution is 2.44. The molecule has 1 saturated carbocycles. The van der Waals surface area contributed by atoms with Crippen LogP contribution in [0.25, 0.3) is 0 Å². The number of nitrogens with two attached hydrogens (primary N) is 1. The molecule has 1 heterocycles. The van der Waals surface area contributed by atoms with E-state index in [1.807, 2.05) is 0 Å². The summed E-state index contributed by atoms with van der Waals surface area (Å²) in [4.78, 5) is 42.9. The Labute approximate surface area is 257 Å². The normalized spacial score (nSPS) is 18.6. The van der Waals surface area contributed by atoms with Gasteiger partial charge in [-0.2, -0.15) is 0 Å². The van der Waals surface area contributed by atoms with Gasteiger partial charge in [0.25, 0.3) is 0 Å². The molecule has 4 N–H and O–H groups in total. The first kappa shape index (κ1) is 32.2. The monoisotopic (exact) mass is 619 g/mol. The summed E-state index contributed by atoms with van der Waals surface area (Å²) in [6.07, 6.45) is 5.27. The number of nitrogens with zero attached hydrogens (tertiary/aromatic N) is 2. The van der Waals surface area contributed by atoms with Crippen molar-refractivity contribution >= 4 is 40.9 Å². The van der Waals surface area contributed by atoms with Crippen LogP contribution < -0.4 is 16.4 Å². The molecule has 4 rings (SSSR count). The minimum absolute atomic E-state index is 0.113. The van der Waals surface area contributed by atoms with Gasteiger partial charge in [-0.25, -0.2) is 4.39 Å². The number of hydrogen-bond acceptors (Lipinski definition) is 5. The van der Waals surface area contributed by atoms with Crippen molar-refractivity contribution in [2.75, 3.05) is 32.7 Å². The van der Waals surface area contributed by atoms with Crippen LogP contribution in [0.3, 0.4) is 0 Å². The molecule has 0 bridgehead atoms. The number of nitrogens with one attached hydrogen (secondary N) is 2. The van der Waals surface area contributed by atoms with Crippen LogP contribution in [0.1, 0.15) is 62.6 Å². The molecule has 2 atom stereocenters. The van der Waals surface area contributed by atoms with Crippen molar-refractivity contribution in [3.8, 4) is 0 Å². The summed E-state index contributed by atoms with van der Waals surface area (Å²) in [5.41, 5.74) is 6.80. The van der Waals surface area contributed by atoms with Gasteiger partial charge in [-0.1, -0.05) is 60.7 Å². The summed E-state index contributed by atoms with van der Waals surface area (Å²) < 4.78 is 13.8. The minimum Gasteiger partial charge on any atom is -0.348 e. The fourth-order valence-electron chi connectivity index (χ4n) is 6.44. The molecule has 2 aliphatic rings. The Morgan fingerprint density at radius 1 is 0.976 bits per heavy atom. The lowest BCUT2D eigenvalue weighted by Crippen LogP contribution is -2.64. The third-order valence-corrected chi connectivity index (χ3v) is 9.06. The van der Waals surface area contributed by atoms with Gasteiger partial charge in [-0.3, -0.25) is 19.3 Å². The van der Waals surface area contributed by atoms with Gasteiger partial charge >= 0.3 is 0 Å². The van der Waals surface area contributed by atoms with Crippen molar-refractivity contribution in [1.82, 2.24) is 20.4 Å². The van der Waals surface area contributed by atoms with E-state index in [2.05, 4.69) is 15.5 Å². The van der Waals surface area contributed by atoms with E-state index >= 15 is 0 Å². The van der Waals surface area contributed by atoms with E-state index in [1.165, 1.54) is 19.1 Å². The SMILES string of the molecule is CC(=O)NC(c1ccc(F)cc1)C1(N2CCN(C(=O)C(Cc3ccc(Cl)cc3Cl)NC(=O)CCN)CC2)CCCCC1. The Kier molecular flexibility index (Phi) is 11.2. The number of hydrogen-bond donors (Lipinski definition) is 3. The minimum atomic E-state index is -0.802. The van der Waals surface area contributed by atoms with Crippen LogP contribution in [0.15, 0.2) is 42.5 Å². The fraction of sp³-hybridized carbons (Fsp3) is 0.516. The number of rotatable bonds is 10. The summed E-state index contributed by atoms with van der Waals surface area (Å²) in [7, 11) is 0. The van der Waals surface area contributed by atoms with E-state index in [-0.39, 0.29) is 54.5 Å². The average Bonchev–Trinajstić information content (AvgIpc) is 2.97. The van der Waals surface area contributed by atoms with Crippen LogP contribution in [-0.4, -0.2) is 71.8 Å². The van der Waals surface area contributed by atoms with Crippen LogP contribution in [0.4, 0.5) is 4.39 Å². The van der Waals surface area contributed by atoms with Crippen LogP contribution in [-0.2, 0) is 20.8 Å². The third-order valence-electron chi connectivity index (χ3n) is 8.47. The highest BCUT2D eigenvalue weighted by atomic mass is 35.5. The van der Waals surface area contributed by atoms with Gasteiger partial charge in [-0.15, -0.1) is 0 Å². The Hall–Kier alpha value is -2.72. The zero-order valence-corrected chi connectivity index (χ0v) is 25.5. The first-order chi connectivity index (χ1) is 20.1. The van der Waals surface area contributed by atoms with E-state index in [0.717, 1.165) is 37.7 Å². The number of benzene rings is 2. The molecule has 1 saturated heterocycles. The molecule has 0 radical (unpaired) electrons. The molecule has 228 valence electrons. The van der Waals surface area contributed by atoms with E-state index in [9.17, 15) is 18.8 Å². The lowest BCUT2D eigenvalue weighted by molar-refractivity contribution is -0.139. The number of amides is 3. The Balaban J connectivity index is 1.54. The maximum Gasteiger partial charge on any atom is 0.245 e. The summed E-state index contributed by atoms with van der Waals surface area (Å²) >= 11 is 12.5. The lowest BCUT2D eigenvalue weighted by atomic mass is 9.72. The number of carbonyl (C=O) groups excluding carboxylic acids is 3. The molecule has 42 heavy (non-hydrogen) atoms. The van der Waals surface area contributed by atoms with E-state index in [0.29, 0.717) is 41.8 Å². The van der Waals surface area contributed by atoms with Crippen molar-refractivity contribution in [3.05, 3.63) is 69.5 Å². The van der Waals surface area contributed by atoms with Crippen LogP contribution in [0.5, 0.6) is 0 Å². The van der Waals surface area contributed by atoms with Crippen LogP contribution >= 0.6 is 23.2 Å². The van der Waals surface area contributed by atoms with Gasteiger partial charge in [0.2, 0.25) is 17.7 Å². The van der Waals surface area contributed by atoms with E-state index in [4.69, 9.17) is 28.9 Å². The Bertz CT molecular complexity index is 1250. The zero-order valence-electron chi connectivity index (χ0n) is 24.0. The molecule has 0 aromatic heterocycles. The average molecular weight is 621 g/mol. The standard InChI is InChI=1S/C31H40Cl2FN5O3/c1-21(40)36-29(22-6-9-25(34)10-7-22)31(12-3-2-4-13-31)39-17-15-38(16-18-39)30(42)27(37-28(41)11-14-35)19-23-5-8-24(32)20-26(23)33/h5-10,20,27,29H,2-4,11-19,35H2,1H3,(H,36,40)(H,37,41). The summed E-state index contributed by atoms with van der Waals surface area (Å²) in [6, 6.07) is 10.4. The lowest BCUT2D eigenvalue weighted by Gasteiger charge is -2.54. The number of piperazine rings is 1. The zero-order chi connectivity index (χ0) is 30.3. The fourth-order valence-corrected chi connectivity index (χ4v) is 6.92. The molecule has 1 aliphatic carbocycles. The van der Waals surface area contributed by atoms with Crippen molar-refractivity contribution in [2.24, 2.45) is 5.73 Å². The van der Waals surface area contributed by atoms with Gasteiger partial charge in [0, 0.05) is 68.1 Å². The van der Waals surface area contributed by atoms with E-state index < -0.39 is 6.04 Å². The molecular formula is C31H40Cl2FN5O3. The quantitative estimate of drug-likeness (QED) is 0.369. The highest BCUT2D eigenvalue weighted by Gasteiger charge is 2.47. The smallest absolute Gasteiger partial charge is 0.245 e. The topological polar surface area (TPSA) is 108 Å². The molecule has 1 aliphatic heterocycles. The summed E-state index contributed by atoms with van der Waals surface area (Å²) in [6.45, 7) is 3.83. The number of carbonyl (C=O) groups is 3. The molecule has 8 nitrogen and oxygen atoms in total. The molecule has 11 heteroatoms. The Morgan fingerprint density at radius 3 is 2.24 bits per heavy atom. The molecule has 3 amide bonds. The third kappa shape index (κ3) is 7.81. The van der Waals surface area contributed by atoms with Crippen LogP contribution in [0, 0.1) is 5.82 Å².